The molecule has 1 aromatic carbocycles. The molecule has 3 rings (SSSR count). The summed E-state index contributed by atoms with van der Waals surface area (Å²) in [7, 11) is 0. The molecule has 0 radical (unpaired) electrons. The van der Waals surface area contributed by atoms with Crippen LogP contribution in [0.2, 0.25) is 0 Å². The summed E-state index contributed by atoms with van der Waals surface area (Å²) in [4.78, 5) is 4.42. The van der Waals surface area contributed by atoms with Gasteiger partial charge in [0.15, 0.2) is 5.82 Å². The minimum Gasteiger partial charge on any atom is -0.338 e. The Bertz CT molecular complexity index is 731. The van der Waals surface area contributed by atoms with E-state index in [0.29, 0.717) is 11.4 Å². The maximum Gasteiger partial charge on any atom is 0.416 e. The van der Waals surface area contributed by atoms with Gasteiger partial charge in [0.1, 0.15) is 0 Å². The Hall–Kier alpha value is -1.89. The highest BCUT2D eigenvalue weighted by Gasteiger charge is 2.39. The van der Waals surface area contributed by atoms with Crippen LogP contribution in [0.25, 0.3) is 0 Å². The van der Waals surface area contributed by atoms with E-state index in [1.807, 2.05) is 0 Å². The monoisotopic (exact) mass is 339 g/mol. The number of benzene rings is 1. The van der Waals surface area contributed by atoms with E-state index in [9.17, 15) is 13.2 Å². The number of halogens is 3. The number of rotatable bonds is 3. The molecular formula is C17H20F3N3O. The summed E-state index contributed by atoms with van der Waals surface area (Å²) in [6, 6.07) is 5.19. The first kappa shape index (κ1) is 17.0. The molecule has 130 valence electrons. The van der Waals surface area contributed by atoms with Crippen molar-refractivity contribution in [2.24, 2.45) is 5.73 Å². The van der Waals surface area contributed by atoms with Crippen LogP contribution in [0.5, 0.6) is 0 Å². The van der Waals surface area contributed by atoms with Gasteiger partial charge in [-0.3, -0.25) is 0 Å². The van der Waals surface area contributed by atoms with Crippen molar-refractivity contribution in [1.82, 2.24) is 10.1 Å². The predicted octanol–water partition coefficient (Wildman–Crippen LogP) is 4.14. The van der Waals surface area contributed by atoms with Gasteiger partial charge in [0.25, 0.3) is 0 Å². The van der Waals surface area contributed by atoms with Crippen molar-refractivity contribution in [3.63, 3.8) is 0 Å². The molecule has 1 aromatic heterocycles. The Balaban J connectivity index is 1.95. The van der Waals surface area contributed by atoms with Crippen molar-refractivity contribution >= 4 is 0 Å². The number of alkyl halides is 3. The number of hydrogen-bond acceptors (Lipinski definition) is 4. The van der Waals surface area contributed by atoms with Gasteiger partial charge in [0.2, 0.25) is 5.89 Å². The zero-order chi connectivity index (χ0) is 17.6. The molecular weight excluding hydrogens is 319 g/mol. The second-order valence-corrected chi connectivity index (χ2v) is 6.99. The molecule has 1 aliphatic rings. The average Bonchev–Trinajstić information content (AvgIpc) is 3.16. The number of nitrogens with two attached hydrogens (primary N) is 1. The Kier molecular flexibility index (Phi) is 3.94. The first-order chi connectivity index (χ1) is 11.1. The zero-order valence-corrected chi connectivity index (χ0v) is 13.7. The van der Waals surface area contributed by atoms with Crippen molar-refractivity contribution in [1.29, 1.82) is 0 Å². The van der Waals surface area contributed by atoms with Gasteiger partial charge < -0.3 is 10.3 Å². The third-order valence-electron chi connectivity index (χ3n) is 4.81. The third-order valence-corrected chi connectivity index (χ3v) is 4.81. The van der Waals surface area contributed by atoms with E-state index in [0.717, 1.165) is 37.8 Å². The molecule has 0 aliphatic heterocycles. The second-order valence-electron chi connectivity index (χ2n) is 6.99. The lowest BCUT2D eigenvalue weighted by molar-refractivity contribution is -0.137. The normalized spacial score (nSPS) is 18.1. The quantitative estimate of drug-likeness (QED) is 0.913. The molecule has 0 bridgehead atoms. The molecule has 1 fully saturated rings. The van der Waals surface area contributed by atoms with E-state index in [4.69, 9.17) is 10.3 Å². The van der Waals surface area contributed by atoms with Gasteiger partial charge in [-0.05, 0) is 38.3 Å². The maximum atomic E-state index is 12.9. The highest BCUT2D eigenvalue weighted by Crippen LogP contribution is 2.38. The minimum absolute atomic E-state index is 0.272. The van der Waals surface area contributed by atoms with Crippen LogP contribution in [0.15, 0.2) is 28.8 Å². The van der Waals surface area contributed by atoms with E-state index < -0.39 is 22.7 Å². The van der Waals surface area contributed by atoms with Crippen molar-refractivity contribution in [3.8, 4) is 0 Å². The fraction of sp³-hybridized carbons (Fsp3) is 0.529. The summed E-state index contributed by atoms with van der Waals surface area (Å²) >= 11 is 0. The van der Waals surface area contributed by atoms with E-state index in [-0.39, 0.29) is 5.89 Å². The fourth-order valence-corrected chi connectivity index (χ4v) is 3.12. The average molecular weight is 339 g/mol. The SMILES string of the molecule is CC(C)(c1cccc(C(F)(F)F)c1)c1nc(C2(N)CCCC2)no1. The molecule has 0 spiro atoms. The zero-order valence-electron chi connectivity index (χ0n) is 13.7. The lowest BCUT2D eigenvalue weighted by atomic mass is 9.83. The molecule has 2 aromatic rings. The summed E-state index contributed by atoms with van der Waals surface area (Å²) in [5.74, 6) is 0.712. The van der Waals surface area contributed by atoms with Crippen molar-refractivity contribution in [2.45, 2.75) is 56.7 Å². The molecule has 7 heteroatoms. The van der Waals surface area contributed by atoms with Crippen LogP contribution >= 0.6 is 0 Å². The van der Waals surface area contributed by atoms with Crippen LogP contribution in [0.3, 0.4) is 0 Å². The summed E-state index contributed by atoms with van der Waals surface area (Å²) in [6.07, 6.45) is -0.794. The van der Waals surface area contributed by atoms with Gasteiger partial charge in [-0.2, -0.15) is 18.2 Å². The molecule has 1 saturated carbocycles. The second kappa shape index (κ2) is 5.58. The maximum absolute atomic E-state index is 12.9. The Morgan fingerprint density at radius 3 is 2.38 bits per heavy atom. The van der Waals surface area contributed by atoms with E-state index >= 15 is 0 Å². The molecule has 4 nitrogen and oxygen atoms in total. The summed E-state index contributed by atoms with van der Waals surface area (Å²) in [5, 5.41) is 4.00. The van der Waals surface area contributed by atoms with Gasteiger partial charge in [-0.1, -0.05) is 36.2 Å². The molecule has 0 unspecified atom stereocenters. The van der Waals surface area contributed by atoms with Gasteiger partial charge in [0.05, 0.1) is 16.5 Å². The Morgan fingerprint density at radius 2 is 1.75 bits per heavy atom. The largest absolute Gasteiger partial charge is 0.416 e. The highest BCUT2D eigenvalue weighted by atomic mass is 19.4. The Labute approximate surface area is 138 Å². The molecule has 24 heavy (non-hydrogen) atoms. The molecule has 0 atom stereocenters. The van der Waals surface area contributed by atoms with Crippen LogP contribution in [0, 0.1) is 0 Å². The van der Waals surface area contributed by atoms with Crippen molar-refractivity contribution in [3.05, 3.63) is 47.1 Å². The van der Waals surface area contributed by atoms with Crippen molar-refractivity contribution < 1.29 is 17.7 Å². The number of aromatic nitrogens is 2. The molecule has 0 saturated heterocycles. The third kappa shape index (κ3) is 2.92. The lowest BCUT2D eigenvalue weighted by Crippen LogP contribution is -2.34. The van der Waals surface area contributed by atoms with Gasteiger partial charge in [-0.15, -0.1) is 0 Å². The predicted molar refractivity (Wildman–Crippen MR) is 82.2 cm³/mol. The van der Waals surface area contributed by atoms with Gasteiger partial charge in [0, 0.05) is 0 Å². The van der Waals surface area contributed by atoms with Gasteiger partial charge >= 0.3 is 6.18 Å². The number of nitrogens with zero attached hydrogens (tertiary/aromatic N) is 2. The van der Waals surface area contributed by atoms with Gasteiger partial charge in [-0.25, -0.2) is 0 Å². The first-order valence-corrected chi connectivity index (χ1v) is 7.94. The lowest BCUT2D eigenvalue weighted by Gasteiger charge is -2.22. The van der Waals surface area contributed by atoms with Crippen LogP contribution in [-0.2, 0) is 17.1 Å². The van der Waals surface area contributed by atoms with E-state index in [2.05, 4.69) is 10.1 Å². The summed E-state index contributed by atoms with van der Waals surface area (Å²) in [5.41, 5.74) is 4.65. The molecule has 2 N–H and O–H groups in total. The van der Waals surface area contributed by atoms with Crippen LogP contribution < -0.4 is 5.73 Å². The first-order valence-electron chi connectivity index (χ1n) is 7.94. The molecule has 0 amide bonds. The fourth-order valence-electron chi connectivity index (χ4n) is 3.12. The van der Waals surface area contributed by atoms with E-state index in [1.54, 1.807) is 19.9 Å². The number of hydrogen-bond donors (Lipinski definition) is 1. The van der Waals surface area contributed by atoms with Crippen molar-refractivity contribution in [2.75, 3.05) is 0 Å². The van der Waals surface area contributed by atoms with Crippen LogP contribution in [0.4, 0.5) is 13.2 Å². The summed E-state index contributed by atoms with van der Waals surface area (Å²) in [6.45, 7) is 3.52. The minimum atomic E-state index is -4.39. The van der Waals surface area contributed by atoms with E-state index in [1.165, 1.54) is 6.07 Å². The van der Waals surface area contributed by atoms with Crippen LogP contribution in [-0.4, -0.2) is 10.1 Å². The Morgan fingerprint density at radius 1 is 1.12 bits per heavy atom. The molecule has 1 aliphatic carbocycles. The standard InChI is InChI=1S/C17H20F3N3O/c1-15(2,11-6-5-7-12(10-11)17(18,19)20)14-22-13(23-24-14)16(21)8-3-4-9-16/h5-7,10H,3-4,8-9,21H2,1-2H3. The smallest absolute Gasteiger partial charge is 0.338 e. The topological polar surface area (TPSA) is 64.9 Å². The molecule has 1 heterocycles. The summed E-state index contributed by atoms with van der Waals surface area (Å²) < 4.78 is 44.2. The van der Waals surface area contributed by atoms with Crippen LogP contribution in [0.1, 0.15) is 62.4 Å². The highest BCUT2D eigenvalue weighted by molar-refractivity contribution is 5.34.